The van der Waals surface area contributed by atoms with Gasteiger partial charge in [0, 0.05) is 19.2 Å². The van der Waals surface area contributed by atoms with Crippen LogP contribution in [-0.2, 0) is 11.3 Å². The van der Waals surface area contributed by atoms with Gasteiger partial charge in [-0.2, -0.15) is 4.99 Å². The number of fused-ring (bicyclic) bond motifs is 2. The number of thiazole rings is 1. The summed E-state index contributed by atoms with van der Waals surface area (Å²) in [5.74, 6) is 0.498. The first-order valence-corrected chi connectivity index (χ1v) is 9.76. The molecule has 1 aromatic heterocycles. The van der Waals surface area contributed by atoms with Gasteiger partial charge in [0.2, 0.25) is 0 Å². The Labute approximate surface area is 166 Å². The molecule has 3 aromatic carbocycles. The number of para-hydroxylation sites is 1. The van der Waals surface area contributed by atoms with Gasteiger partial charge in [-0.05, 0) is 29.0 Å². The van der Waals surface area contributed by atoms with Crippen LogP contribution in [0.4, 0.5) is 0 Å². The smallest absolute Gasteiger partial charge is 0.280 e. The zero-order valence-corrected chi connectivity index (χ0v) is 16.5. The second-order valence-corrected chi connectivity index (χ2v) is 7.29. The molecule has 0 spiro atoms. The lowest BCUT2D eigenvalue weighted by atomic mass is 10.0. The van der Waals surface area contributed by atoms with Gasteiger partial charge in [0.25, 0.3) is 5.91 Å². The lowest BCUT2D eigenvalue weighted by Gasteiger charge is -2.08. The van der Waals surface area contributed by atoms with Crippen molar-refractivity contribution in [1.82, 2.24) is 4.57 Å². The molecular weight excluding hydrogens is 372 g/mol. The van der Waals surface area contributed by atoms with Crippen molar-refractivity contribution in [2.75, 3.05) is 20.8 Å². The van der Waals surface area contributed by atoms with Crippen LogP contribution in [0.25, 0.3) is 21.0 Å². The molecule has 0 aliphatic heterocycles. The van der Waals surface area contributed by atoms with Gasteiger partial charge in [-0.1, -0.05) is 53.8 Å². The average Bonchev–Trinajstić information content (AvgIpc) is 3.08. The van der Waals surface area contributed by atoms with E-state index in [2.05, 4.69) is 4.99 Å². The minimum Gasteiger partial charge on any atom is -0.495 e. The van der Waals surface area contributed by atoms with Gasteiger partial charge in [-0.3, -0.25) is 4.79 Å². The minimum atomic E-state index is -0.256. The fraction of sp³-hybridized carbons (Fsp3) is 0.182. The number of carbonyl (C=O) groups excluding carboxylic acids is 1. The maximum atomic E-state index is 13.0. The quantitative estimate of drug-likeness (QED) is 0.510. The molecule has 0 fully saturated rings. The lowest BCUT2D eigenvalue weighted by Crippen LogP contribution is -2.19. The van der Waals surface area contributed by atoms with Gasteiger partial charge >= 0.3 is 0 Å². The van der Waals surface area contributed by atoms with Gasteiger partial charge < -0.3 is 14.0 Å². The SMILES string of the molecule is COCCn1c(=NC(=O)c2cccc3ccccc23)sc2cccc(OC)c21. The second-order valence-electron chi connectivity index (χ2n) is 6.28. The van der Waals surface area contributed by atoms with E-state index in [1.807, 2.05) is 65.2 Å². The number of carbonyl (C=O) groups is 1. The van der Waals surface area contributed by atoms with Crippen molar-refractivity contribution in [3.63, 3.8) is 0 Å². The highest BCUT2D eigenvalue weighted by Gasteiger charge is 2.14. The summed E-state index contributed by atoms with van der Waals surface area (Å²) in [7, 11) is 3.30. The lowest BCUT2D eigenvalue weighted by molar-refractivity contribution is 0.0999. The third-order valence-electron chi connectivity index (χ3n) is 4.62. The average molecular weight is 392 g/mol. The summed E-state index contributed by atoms with van der Waals surface area (Å²) in [5, 5.41) is 1.93. The molecule has 142 valence electrons. The van der Waals surface area contributed by atoms with Crippen LogP contribution in [0.5, 0.6) is 5.75 Å². The topological polar surface area (TPSA) is 52.8 Å². The van der Waals surface area contributed by atoms with E-state index in [1.54, 1.807) is 14.2 Å². The molecule has 0 aliphatic carbocycles. The maximum Gasteiger partial charge on any atom is 0.280 e. The standard InChI is InChI=1S/C22H20N2O3S/c1-26-14-13-24-20-18(27-2)11-6-12-19(20)28-22(24)23-21(25)17-10-5-8-15-7-3-4-9-16(15)17/h3-12H,13-14H2,1-2H3. The van der Waals surface area contributed by atoms with E-state index in [-0.39, 0.29) is 5.91 Å². The van der Waals surface area contributed by atoms with E-state index in [0.717, 1.165) is 26.7 Å². The number of methoxy groups -OCH3 is 2. The molecule has 0 saturated heterocycles. The van der Waals surface area contributed by atoms with Crippen LogP contribution in [0.15, 0.2) is 65.7 Å². The number of rotatable bonds is 5. The molecule has 0 atom stereocenters. The van der Waals surface area contributed by atoms with E-state index in [9.17, 15) is 4.79 Å². The molecule has 1 heterocycles. The Morgan fingerprint density at radius 1 is 1.04 bits per heavy atom. The monoisotopic (exact) mass is 392 g/mol. The number of ether oxygens (including phenoxy) is 2. The van der Waals surface area contributed by atoms with Crippen molar-refractivity contribution in [3.05, 3.63) is 71.0 Å². The Balaban J connectivity index is 1.90. The fourth-order valence-electron chi connectivity index (χ4n) is 3.30. The van der Waals surface area contributed by atoms with Crippen molar-refractivity contribution >= 4 is 38.2 Å². The third-order valence-corrected chi connectivity index (χ3v) is 5.66. The molecule has 0 N–H and O–H groups in total. The highest BCUT2D eigenvalue weighted by molar-refractivity contribution is 7.16. The van der Waals surface area contributed by atoms with Gasteiger partial charge in [-0.25, -0.2) is 0 Å². The van der Waals surface area contributed by atoms with Crippen LogP contribution in [0, 0.1) is 0 Å². The number of hydrogen-bond acceptors (Lipinski definition) is 4. The van der Waals surface area contributed by atoms with Crippen LogP contribution in [-0.4, -0.2) is 31.3 Å². The summed E-state index contributed by atoms with van der Waals surface area (Å²) in [6.45, 7) is 1.10. The van der Waals surface area contributed by atoms with E-state index in [4.69, 9.17) is 9.47 Å². The summed E-state index contributed by atoms with van der Waals surface area (Å²) in [5.41, 5.74) is 1.53. The Kier molecular flexibility index (Phi) is 5.23. The first-order chi connectivity index (χ1) is 13.7. The molecule has 0 saturated carbocycles. The van der Waals surface area contributed by atoms with Crippen LogP contribution < -0.4 is 9.54 Å². The van der Waals surface area contributed by atoms with E-state index in [1.165, 1.54) is 11.3 Å². The largest absolute Gasteiger partial charge is 0.495 e. The molecule has 28 heavy (non-hydrogen) atoms. The first kappa shape index (κ1) is 18.4. The molecule has 1 amide bonds. The fourth-order valence-corrected chi connectivity index (χ4v) is 4.37. The molecule has 4 rings (SSSR count). The summed E-state index contributed by atoms with van der Waals surface area (Å²) in [6, 6.07) is 19.4. The Bertz CT molecular complexity index is 1220. The van der Waals surface area contributed by atoms with Crippen LogP contribution >= 0.6 is 11.3 Å². The number of aromatic nitrogens is 1. The third kappa shape index (κ3) is 3.32. The second kappa shape index (κ2) is 7.96. The molecule has 4 aromatic rings. The summed E-state index contributed by atoms with van der Waals surface area (Å²) in [4.78, 5) is 18.2. The number of benzene rings is 3. The van der Waals surface area contributed by atoms with Crippen molar-refractivity contribution in [1.29, 1.82) is 0 Å². The van der Waals surface area contributed by atoms with Crippen molar-refractivity contribution < 1.29 is 14.3 Å². The Hall–Kier alpha value is -2.96. The van der Waals surface area contributed by atoms with Gasteiger partial charge in [0.05, 0.1) is 18.4 Å². The molecule has 0 bridgehead atoms. The summed E-state index contributed by atoms with van der Waals surface area (Å²) < 4.78 is 13.8. The van der Waals surface area contributed by atoms with Crippen LogP contribution in [0.3, 0.4) is 0 Å². The van der Waals surface area contributed by atoms with Crippen molar-refractivity contribution in [2.24, 2.45) is 4.99 Å². The Morgan fingerprint density at radius 3 is 2.64 bits per heavy atom. The van der Waals surface area contributed by atoms with Crippen LogP contribution in [0.1, 0.15) is 10.4 Å². The maximum absolute atomic E-state index is 13.0. The van der Waals surface area contributed by atoms with E-state index in [0.29, 0.717) is 23.5 Å². The van der Waals surface area contributed by atoms with Gasteiger partial charge in [0.1, 0.15) is 11.3 Å². The van der Waals surface area contributed by atoms with E-state index < -0.39 is 0 Å². The molecule has 0 unspecified atom stereocenters. The molecule has 5 nitrogen and oxygen atoms in total. The highest BCUT2D eigenvalue weighted by atomic mass is 32.1. The number of hydrogen-bond donors (Lipinski definition) is 0. The van der Waals surface area contributed by atoms with Crippen molar-refractivity contribution in [3.8, 4) is 5.75 Å². The summed E-state index contributed by atoms with van der Waals surface area (Å²) >= 11 is 1.47. The number of nitrogens with zero attached hydrogens (tertiary/aromatic N) is 2. The Morgan fingerprint density at radius 2 is 1.82 bits per heavy atom. The first-order valence-electron chi connectivity index (χ1n) is 8.95. The zero-order chi connectivity index (χ0) is 19.5. The number of amides is 1. The molecule has 0 aliphatic rings. The zero-order valence-electron chi connectivity index (χ0n) is 15.7. The molecule has 6 heteroatoms. The minimum absolute atomic E-state index is 0.256. The molecule has 0 radical (unpaired) electrons. The molecular formula is C22H20N2O3S. The van der Waals surface area contributed by atoms with Crippen molar-refractivity contribution in [2.45, 2.75) is 6.54 Å². The van der Waals surface area contributed by atoms with Gasteiger partial charge in [-0.15, -0.1) is 0 Å². The van der Waals surface area contributed by atoms with Gasteiger partial charge in [0.15, 0.2) is 4.80 Å². The van der Waals surface area contributed by atoms with Crippen LogP contribution in [0.2, 0.25) is 0 Å². The predicted octanol–water partition coefficient (Wildman–Crippen LogP) is 4.25. The predicted molar refractivity (Wildman–Crippen MR) is 112 cm³/mol. The normalized spacial score (nSPS) is 12.0. The summed E-state index contributed by atoms with van der Waals surface area (Å²) in [6.07, 6.45) is 0. The van der Waals surface area contributed by atoms with E-state index >= 15 is 0 Å². The highest BCUT2D eigenvalue weighted by Crippen LogP contribution is 2.27.